The minimum atomic E-state index is -0.794. The van der Waals surface area contributed by atoms with Gasteiger partial charge in [-0.3, -0.25) is 15.1 Å². The van der Waals surface area contributed by atoms with Crippen molar-refractivity contribution in [1.82, 2.24) is 10.6 Å². The first-order valence-corrected chi connectivity index (χ1v) is 12.0. The lowest BCUT2D eigenvalue weighted by Crippen LogP contribution is -2.43. The number of amidine groups is 1. The van der Waals surface area contributed by atoms with Gasteiger partial charge >= 0.3 is 6.09 Å². The number of ether oxygens (including phenoxy) is 1. The predicted molar refractivity (Wildman–Crippen MR) is 138 cm³/mol. The van der Waals surface area contributed by atoms with Crippen LogP contribution >= 0.6 is 0 Å². The molecule has 0 saturated heterocycles. The van der Waals surface area contributed by atoms with E-state index in [2.05, 4.69) is 33.8 Å². The van der Waals surface area contributed by atoms with Crippen molar-refractivity contribution in [3.8, 4) is 6.07 Å². The van der Waals surface area contributed by atoms with E-state index in [1.165, 1.54) is 5.56 Å². The minimum absolute atomic E-state index is 0.215. The number of nitrogens with one attached hydrogen (secondary N) is 2. The van der Waals surface area contributed by atoms with Crippen LogP contribution in [0.4, 0.5) is 4.79 Å². The number of alkyl carbamates (subject to hydrolysis) is 1. The van der Waals surface area contributed by atoms with Crippen molar-refractivity contribution < 1.29 is 14.3 Å². The summed E-state index contributed by atoms with van der Waals surface area (Å²) in [7, 11) is 0. The van der Waals surface area contributed by atoms with E-state index < -0.39 is 18.2 Å². The molecule has 0 aliphatic carbocycles. The van der Waals surface area contributed by atoms with Gasteiger partial charge in [0, 0.05) is 5.56 Å². The fourth-order valence-electron chi connectivity index (χ4n) is 3.56. The number of nitriles is 1. The van der Waals surface area contributed by atoms with Gasteiger partial charge in [-0.25, -0.2) is 4.79 Å². The van der Waals surface area contributed by atoms with E-state index in [9.17, 15) is 14.9 Å². The lowest BCUT2D eigenvalue weighted by Gasteiger charge is -2.25. The molecule has 0 radical (unpaired) electrons. The number of nitrogens with zero attached hydrogens (tertiary/aromatic N) is 2. The molecule has 2 amide bonds. The van der Waals surface area contributed by atoms with Crippen molar-refractivity contribution in [2.75, 3.05) is 6.61 Å². The van der Waals surface area contributed by atoms with Crippen LogP contribution in [0.15, 0.2) is 65.7 Å². The van der Waals surface area contributed by atoms with Gasteiger partial charge in [-0.2, -0.15) is 5.26 Å². The first-order chi connectivity index (χ1) is 16.7. The van der Waals surface area contributed by atoms with Crippen LogP contribution < -0.4 is 10.6 Å². The number of rotatable bonds is 10. The van der Waals surface area contributed by atoms with Gasteiger partial charge in [-0.1, -0.05) is 81.4 Å². The van der Waals surface area contributed by atoms with Crippen molar-refractivity contribution >= 4 is 17.8 Å². The molecule has 2 atom stereocenters. The molecule has 0 saturated carbocycles. The van der Waals surface area contributed by atoms with Crippen LogP contribution in [0.2, 0.25) is 0 Å². The number of carbonyl (C=O) groups excluding carboxylic acids is 2. The third kappa shape index (κ3) is 10.4. The van der Waals surface area contributed by atoms with E-state index in [1.807, 2.05) is 57.2 Å². The van der Waals surface area contributed by atoms with Crippen molar-refractivity contribution in [3.05, 3.63) is 71.8 Å². The number of carbonyl (C=O) groups is 2. The first kappa shape index (κ1) is 27.6. The van der Waals surface area contributed by atoms with Crippen molar-refractivity contribution in [2.24, 2.45) is 10.4 Å². The van der Waals surface area contributed by atoms with Crippen LogP contribution in [0.3, 0.4) is 0 Å². The second-order valence-corrected chi connectivity index (χ2v) is 9.54. The van der Waals surface area contributed by atoms with Crippen molar-refractivity contribution in [1.29, 1.82) is 5.26 Å². The Labute approximate surface area is 208 Å². The first-order valence-electron chi connectivity index (χ1n) is 12.0. The number of benzene rings is 2. The summed E-state index contributed by atoms with van der Waals surface area (Å²) in [6.07, 6.45) is 1.94. The smallest absolute Gasteiger partial charge is 0.412 e. The molecule has 7 heteroatoms. The normalized spacial score (nSPS) is 13.3. The van der Waals surface area contributed by atoms with Crippen LogP contribution in [0.5, 0.6) is 0 Å². The van der Waals surface area contributed by atoms with Gasteiger partial charge in [-0.15, -0.1) is 0 Å². The van der Waals surface area contributed by atoms with Gasteiger partial charge < -0.3 is 10.1 Å². The van der Waals surface area contributed by atoms with E-state index in [0.29, 0.717) is 18.4 Å². The summed E-state index contributed by atoms with van der Waals surface area (Å²) in [5, 5.41) is 15.2. The SMILES string of the molecule is CCOC(=O)NC(=N[C@@H](CC(C)(C)C)C(=O)N[C@H](C#N)CCCc1ccccc1)c1ccccc1. The standard InChI is InChI=1S/C28H36N4O3/c1-5-35-27(34)32-25(22-16-10-7-11-17-22)31-24(19-28(2,3)4)26(33)30-23(20-29)18-12-15-21-13-8-6-9-14-21/h6-11,13-14,16-17,23-24H,5,12,15,18-19H2,1-4H3,(H,30,33)(H,31,32,34)/t23-,24-/m0/s1. The minimum Gasteiger partial charge on any atom is -0.450 e. The van der Waals surface area contributed by atoms with E-state index in [1.54, 1.807) is 19.1 Å². The van der Waals surface area contributed by atoms with Crippen molar-refractivity contribution in [2.45, 2.75) is 65.5 Å². The Morgan fingerprint density at radius 3 is 2.26 bits per heavy atom. The highest BCUT2D eigenvalue weighted by Crippen LogP contribution is 2.23. The zero-order valence-electron chi connectivity index (χ0n) is 21.1. The van der Waals surface area contributed by atoms with E-state index in [0.717, 1.165) is 12.8 Å². The molecule has 35 heavy (non-hydrogen) atoms. The Kier molecular flexibility index (Phi) is 11.0. The average molecular weight is 477 g/mol. The fraction of sp³-hybridized carbons (Fsp3) is 0.429. The fourth-order valence-corrected chi connectivity index (χ4v) is 3.56. The number of aryl methyl sites for hydroxylation is 1. The largest absolute Gasteiger partial charge is 0.450 e. The summed E-state index contributed by atoms with van der Waals surface area (Å²) >= 11 is 0. The number of aliphatic imine (C=N–C) groups is 1. The molecule has 0 spiro atoms. The Morgan fingerprint density at radius 1 is 1.06 bits per heavy atom. The molecule has 0 aromatic heterocycles. The zero-order valence-corrected chi connectivity index (χ0v) is 21.1. The van der Waals surface area contributed by atoms with Crippen molar-refractivity contribution in [3.63, 3.8) is 0 Å². The lowest BCUT2D eigenvalue weighted by molar-refractivity contribution is -0.123. The molecular weight excluding hydrogens is 440 g/mol. The maximum atomic E-state index is 13.3. The molecule has 186 valence electrons. The number of hydrogen-bond acceptors (Lipinski definition) is 5. The van der Waals surface area contributed by atoms with E-state index in [-0.39, 0.29) is 23.8 Å². The topological polar surface area (TPSA) is 104 Å². The third-order valence-electron chi connectivity index (χ3n) is 5.21. The monoisotopic (exact) mass is 476 g/mol. The van der Waals surface area contributed by atoms with Gasteiger partial charge in [0.05, 0.1) is 12.7 Å². The molecule has 0 aliphatic rings. The van der Waals surface area contributed by atoms with Gasteiger partial charge in [0.25, 0.3) is 0 Å². The summed E-state index contributed by atoms with van der Waals surface area (Å²) in [6, 6.07) is 20.0. The summed E-state index contributed by atoms with van der Waals surface area (Å²) in [5.41, 5.74) is 1.64. The van der Waals surface area contributed by atoms with Crippen LogP contribution in [-0.2, 0) is 16.0 Å². The molecule has 0 unspecified atom stereocenters. The summed E-state index contributed by atoms with van der Waals surface area (Å²) < 4.78 is 5.03. The molecule has 0 aliphatic heterocycles. The Hall–Kier alpha value is -3.66. The van der Waals surface area contributed by atoms with Crippen LogP contribution in [-0.4, -0.2) is 36.5 Å². The maximum Gasteiger partial charge on any atom is 0.412 e. The Bertz CT molecular complexity index is 1010. The molecule has 2 N–H and O–H groups in total. The Morgan fingerprint density at radius 2 is 1.69 bits per heavy atom. The van der Waals surface area contributed by atoms with Gasteiger partial charge in [0.15, 0.2) is 0 Å². The average Bonchev–Trinajstić information content (AvgIpc) is 2.83. The van der Waals surface area contributed by atoms with E-state index in [4.69, 9.17) is 4.74 Å². The second kappa shape index (κ2) is 13.9. The van der Waals surface area contributed by atoms with Crippen LogP contribution in [0.25, 0.3) is 0 Å². The molecule has 0 bridgehead atoms. The third-order valence-corrected chi connectivity index (χ3v) is 5.21. The van der Waals surface area contributed by atoms with E-state index >= 15 is 0 Å². The summed E-state index contributed by atoms with van der Waals surface area (Å²) in [4.78, 5) is 30.1. The lowest BCUT2D eigenvalue weighted by atomic mass is 9.87. The summed E-state index contributed by atoms with van der Waals surface area (Å²) in [5.74, 6) is -0.0867. The molecule has 2 aromatic carbocycles. The Balaban J connectivity index is 2.20. The molecular formula is C28H36N4O3. The van der Waals surface area contributed by atoms with Gasteiger partial charge in [-0.05, 0) is 43.6 Å². The van der Waals surface area contributed by atoms with Gasteiger partial charge in [0.1, 0.15) is 17.9 Å². The second-order valence-electron chi connectivity index (χ2n) is 9.54. The summed E-state index contributed by atoms with van der Waals surface area (Å²) in [6.45, 7) is 7.99. The van der Waals surface area contributed by atoms with Crippen LogP contribution in [0.1, 0.15) is 58.1 Å². The highest BCUT2D eigenvalue weighted by molar-refractivity contribution is 6.07. The molecule has 2 aromatic rings. The highest BCUT2D eigenvalue weighted by Gasteiger charge is 2.27. The molecule has 0 fully saturated rings. The zero-order chi connectivity index (χ0) is 25.7. The molecule has 0 heterocycles. The highest BCUT2D eigenvalue weighted by atomic mass is 16.5. The molecule has 2 rings (SSSR count). The maximum absolute atomic E-state index is 13.3. The molecule has 7 nitrogen and oxygen atoms in total. The number of amides is 2. The van der Waals surface area contributed by atoms with Crippen LogP contribution in [0, 0.1) is 16.7 Å². The van der Waals surface area contributed by atoms with Gasteiger partial charge in [0.2, 0.25) is 5.91 Å². The predicted octanol–water partition coefficient (Wildman–Crippen LogP) is 5.02. The quantitative estimate of drug-likeness (QED) is 0.371. The number of hydrogen-bond donors (Lipinski definition) is 2.